The second-order valence-electron chi connectivity index (χ2n) is 7.00. The van der Waals surface area contributed by atoms with Crippen LogP contribution in [0.3, 0.4) is 0 Å². The zero-order chi connectivity index (χ0) is 17.6. The Kier molecular flexibility index (Phi) is 5.96. The number of rotatable bonds is 4. The lowest BCUT2D eigenvalue weighted by Crippen LogP contribution is -2.26. The number of allylic oxidation sites excluding steroid dienone is 4. The van der Waals surface area contributed by atoms with E-state index in [2.05, 4.69) is 48.8 Å². The molecule has 0 aromatic heterocycles. The molecule has 4 nitrogen and oxygen atoms in total. The van der Waals surface area contributed by atoms with Gasteiger partial charge in [-0.3, -0.25) is 0 Å². The predicted octanol–water partition coefficient (Wildman–Crippen LogP) is 5.12. The van der Waals surface area contributed by atoms with Crippen LogP contribution in [0.5, 0.6) is 0 Å². The van der Waals surface area contributed by atoms with E-state index in [4.69, 9.17) is 0 Å². The van der Waals surface area contributed by atoms with Crippen molar-refractivity contribution in [1.29, 1.82) is 0 Å². The van der Waals surface area contributed by atoms with E-state index in [-0.39, 0.29) is 11.4 Å². The number of hydrazone groups is 1. The molecule has 2 amide bonds. The molecule has 0 bridgehead atoms. The Labute approximate surface area is 144 Å². The van der Waals surface area contributed by atoms with E-state index >= 15 is 0 Å². The molecule has 24 heavy (non-hydrogen) atoms. The number of anilines is 1. The van der Waals surface area contributed by atoms with Crippen LogP contribution in [0, 0.1) is 11.3 Å². The van der Waals surface area contributed by atoms with Gasteiger partial charge < -0.3 is 5.32 Å². The topological polar surface area (TPSA) is 53.5 Å². The Bertz CT molecular complexity index is 657. The van der Waals surface area contributed by atoms with Crippen molar-refractivity contribution < 1.29 is 4.79 Å². The fourth-order valence-corrected chi connectivity index (χ4v) is 3.08. The zero-order valence-electron chi connectivity index (χ0n) is 15.0. The molecule has 0 spiro atoms. The van der Waals surface area contributed by atoms with Crippen molar-refractivity contribution >= 4 is 17.4 Å². The van der Waals surface area contributed by atoms with Crippen LogP contribution in [-0.4, -0.2) is 11.7 Å². The summed E-state index contributed by atoms with van der Waals surface area (Å²) in [5.74, 6) is 0.412. The molecule has 0 fully saturated rings. The van der Waals surface area contributed by atoms with E-state index in [1.54, 1.807) is 0 Å². The van der Waals surface area contributed by atoms with E-state index in [1.165, 1.54) is 12.0 Å². The highest BCUT2D eigenvalue weighted by Crippen LogP contribution is 2.41. The first-order valence-corrected chi connectivity index (χ1v) is 8.40. The summed E-state index contributed by atoms with van der Waals surface area (Å²) >= 11 is 0. The Balaban J connectivity index is 1.92. The maximum absolute atomic E-state index is 11.8. The normalized spacial score (nSPS) is 20.6. The van der Waals surface area contributed by atoms with Crippen molar-refractivity contribution in [3.8, 4) is 0 Å². The van der Waals surface area contributed by atoms with Crippen LogP contribution in [0.4, 0.5) is 10.5 Å². The number of urea groups is 1. The Morgan fingerprint density at radius 2 is 2.00 bits per heavy atom. The quantitative estimate of drug-likeness (QED) is 0.450. The monoisotopic (exact) mass is 325 g/mol. The number of nitrogens with one attached hydrogen (secondary N) is 2. The largest absolute Gasteiger partial charge is 0.339 e. The van der Waals surface area contributed by atoms with Crippen LogP contribution in [0.1, 0.15) is 40.5 Å². The summed E-state index contributed by atoms with van der Waals surface area (Å²) in [7, 11) is 0. The molecule has 1 atom stereocenters. The van der Waals surface area contributed by atoms with Crippen molar-refractivity contribution in [3.63, 3.8) is 0 Å². The van der Waals surface area contributed by atoms with Gasteiger partial charge in [0.25, 0.3) is 0 Å². The third-order valence-corrected chi connectivity index (χ3v) is 4.48. The SMILES string of the molecule is CC1=CCCC(C)(C)[C@@H]1/C=C\C(C)=N/NC(=O)Nc1ccccc1. The summed E-state index contributed by atoms with van der Waals surface area (Å²) in [5, 5.41) is 6.86. The van der Waals surface area contributed by atoms with Crippen molar-refractivity contribution in [1.82, 2.24) is 5.43 Å². The molecular formula is C20H27N3O. The van der Waals surface area contributed by atoms with Crippen molar-refractivity contribution in [2.75, 3.05) is 5.32 Å². The molecule has 1 aromatic carbocycles. The van der Waals surface area contributed by atoms with E-state index in [0.717, 1.165) is 17.8 Å². The average Bonchev–Trinajstić information content (AvgIpc) is 2.53. The molecule has 1 aliphatic rings. The van der Waals surface area contributed by atoms with E-state index in [0.29, 0.717) is 5.92 Å². The number of nitrogens with zero attached hydrogens (tertiary/aromatic N) is 1. The summed E-state index contributed by atoms with van der Waals surface area (Å²) in [6.07, 6.45) is 8.83. The van der Waals surface area contributed by atoms with Gasteiger partial charge in [-0.05, 0) is 50.3 Å². The van der Waals surface area contributed by atoms with Gasteiger partial charge in [-0.2, -0.15) is 5.10 Å². The standard InChI is InChI=1S/C20H27N3O/c1-15-9-8-14-20(3,4)18(15)13-12-16(2)22-23-19(24)21-17-10-6-5-7-11-17/h5-7,9-13,18H,8,14H2,1-4H3,(H2,21,23,24)/b13-12-,22-16-/t18-/m1/s1. The first-order valence-electron chi connectivity index (χ1n) is 8.40. The molecule has 0 radical (unpaired) electrons. The van der Waals surface area contributed by atoms with Gasteiger partial charge in [0.05, 0.1) is 5.71 Å². The van der Waals surface area contributed by atoms with E-state index in [1.807, 2.05) is 43.3 Å². The lowest BCUT2D eigenvalue weighted by Gasteiger charge is -2.36. The minimum atomic E-state index is -0.344. The van der Waals surface area contributed by atoms with Crippen LogP contribution in [0.25, 0.3) is 0 Å². The van der Waals surface area contributed by atoms with Crippen LogP contribution in [0.15, 0.2) is 59.2 Å². The molecule has 0 saturated carbocycles. The molecule has 128 valence electrons. The lowest BCUT2D eigenvalue weighted by molar-refractivity contribution is 0.252. The van der Waals surface area contributed by atoms with Crippen molar-refractivity contribution in [3.05, 3.63) is 54.1 Å². The van der Waals surface area contributed by atoms with Gasteiger partial charge in [0.2, 0.25) is 0 Å². The van der Waals surface area contributed by atoms with Crippen LogP contribution in [0.2, 0.25) is 0 Å². The van der Waals surface area contributed by atoms with Gasteiger partial charge in [-0.1, -0.05) is 49.8 Å². The molecule has 2 N–H and O–H groups in total. The summed E-state index contributed by atoms with van der Waals surface area (Å²) < 4.78 is 0. The van der Waals surface area contributed by atoms with Gasteiger partial charge in [0.15, 0.2) is 0 Å². The molecule has 1 aromatic rings. The highest BCUT2D eigenvalue weighted by Gasteiger charge is 2.30. The first kappa shape index (κ1) is 18.0. The molecule has 0 unspecified atom stereocenters. The highest BCUT2D eigenvalue weighted by molar-refractivity contribution is 5.95. The molecule has 1 aliphatic carbocycles. The highest BCUT2D eigenvalue weighted by atomic mass is 16.2. The van der Waals surface area contributed by atoms with Gasteiger partial charge >= 0.3 is 6.03 Å². The van der Waals surface area contributed by atoms with Crippen LogP contribution >= 0.6 is 0 Å². The summed E-state index contributed by atoms with van der Waals surface area (Å²) in [6, 6.07) is 8.96. The number of amides is 2. The summed E-state index contributed by atoms with van der Waals surface area (Å²) in [4.78, 5) is 11.8. The summed E-state index contributed by atoms with van der Waals surface area (Å²) in [6.45, 7) is 8.68. The lowest BCUT2D eigenvalue weighted by atomic mass is 9.68. The molecule has 0 saturated heterocycles. The smallest absolute Gasteiger partial charge is 0.307 e. The second kappa shape index (κ2) is 7.95. The minimum Gasteiger partial charge on any atom is -0.307 e. The van der Waals surface area contributed by atoms with E-state index in [9.17, 15) is 4.79 Å². The number of carbonyl (C=O) groups is 1. The fourth-order valence-electron chi connectivity index (χ4n) is 3.08. The number of para-hydroxylation sites is 1. The Morgan fingerprint density at radius 1 is 1.29 bits per heavy atom. The van der Waals surface area contributed by atoms with Crippen molar-refractivity contribution in [2.45, 2.75) is 40.5 Å². The van der Waals surface area contributed by atoms with Gasteiger partial charge in [0, 0.05) is 11.6 Å². The van der Waals surface area contributed by atoms with Gasteiger partial charge in [-0.15, -0.1) is 0 Å². The minimum absolute atomic E-state index is 0.258. The Morgan fingerprint density at radius 3 is 2.67 bits per heavy atom. The number of benzene rings is 1. The zero-order valence-corrected chi connectivity index (χ0v) is 15.0. The molecule has 4 heteroatoms. The second-order valence-corrected chi connectivity index (χ2v) is 7.00. The number of hydrogen-bond acceptors (Lipinski definition) is 2. The molecule has 0 heterocycles. The fraction of sp³-hybridized carbons (Fsp3) is 0.400. The van der Waals surface area contributed by atoms with Crippen molar-refractivity contribution in [2.24, 2.45) is 16.4 Å². The average molecular weight is 325 g/mol. The Hall–Kier alpha value is -2.36. The number of carbonyl (C=O) groups excluding carboxylic acids is 1. The third-order valence-electron chi connectivity index (χ3n) is 4.48. The maximum Gasteiger partial charge on any atom is 0.339 e. The van der Waals surface area contributed by atoms with E-state index < -0.39 is 0 Å². The number of hydrogen-bond donors (Lipinski definition) is 2. The first-order chi connectivity index (χ1) is 11.4. The third kappa shape index (κ3) is 5.08. The molecular weight excluding hydrogens is 298 g/mol. The molecule has 2 rings (SSSR count). The molecule has 0 aliphatic heterocycles. The van der Waals surface area contributed by atoms with Gasteiger partial charge in [-0.25, -0.2) is 10.2 Å². The predicted molar refractivity (Wildman–Crippen MR) is 101 cm³/mol. The maximum atomic E-state index is 11.8. The van der Waals surface area contributed by atoms with Crippen LogP contribution in [-0.2, 0) is 0 Å². The van der Waals surface area contributed by atoms with Gasteiger partial charge in [0.1, 0.15) is 0 Å². The van der Waals surface area contributed by atoms with Crippen LogP contribution < -0.4 is 10.7 Å². The summed E-state index contributed by atoms with van der Waals surface area (Å²) in [5.41, 5.74) is 5.70.